The van der Waals surface area contributed by atoms with E-state index in [0.29, 0.717) is 5.69 Å². The van der Waals surface area contributed by atoms with Crippen LogP contribution >= 0.6 is 0 Å². The average molecular weight is 423 g/mol. The van der Waals surface area contributed by atoms with E-state index in [0.717, 1.165) is 23.9 Å². The highest BCUT2D eigenvalue weighted by Crippen LogP contribution is 2.14. The van der Waals surface area contributed by atoms with Crippen LogP contribution in [0.15, 0.2) is 59.8 Å². The van der Waals surface area contributed by atoms with E-state index in [9.17, 15) is 16.8 Å². The van der Waals surface area contributed by atoms with Crippen LogP contribution in [0.3, 0.4) is 0 Å². The molecule has 0 bridgehead atoms. The van der Waals surface area contributed by atoms with Crippen molar-refractivity contribution in [2.24, 2.45) is 0 Å². The Morgan fingerprint density at radius 2 is 1.79 bits per heavy atom. The molecule has 8 nitrogen and oxygen atoms in total. The maximum Gasteiger partial charge on any atom is 0.240 e. The predicted molar refractivity (Wildman–Crippen MR) is 108 cm³/mol. The van der Waals surface area contributed by atoms with Crippen molar-refractivity contribution in [3.8, 4) is 0 Å². The van der Waals surface area contributed by atoms with E-state index < -0.39 is 20.0 Å². The topological polar surface area (TPSA) is 110 Å². The van der Waals surface area contributed by atoms with Gasteiger partial charge in [0.05, 0.1) is 21.9 Å². The molecule has 2 N–H and O–H groups in total. The summed E-state index contributed by atoms with van der Waals surface area (Å²) in [6.45, 7) is 1.82. The Hall–Kier alpha value is -2.43. The van der Waals surface area contributed by atoms with Gasteiger partial charge < -0.3 is 0 Å². The van der Waals surface area contributed by atoms with Gasteiger partial charge in [-0.3, -0.25) is 4.72 Å². The number of hydrogen-bond acceptors (Lipinski definition) is 5. The minimum Gasteiger partial charge on any atom is -0.283 e. The lowest BCUT2D eigenvalue weighted by molar-refractivity contribution is 0.582. The number of hydrogen-bond donors (Lipinski definition) is 2. The number of fused-ring (bicyclic) bond motifs is 1. The summed E-state index contributed by atoms with van der Waals surface area (Å²) in [5.74, 6) is -0.384. The van der Waals surface area contributed by atoms with Gasteiger partial charge in [-0.15, -0.1) is 0 Å². The Labute approximate surface area is 164 Å². The molecule has 2 heterocycles. The lowest BCUT2D eigenvalue weighted by Gasteiger charge is -2.10. The Bertz CT molecular complexity index is 1150. The molecule has 1 aromatic carbocycles. The third-order valence-electron chi connectivity index (χ3n) is 4.11. The van der Waals surface area contributed by atoms with E-state index in [4.69, 9.17) is 0 Å². The number of aryl methyl sites for hydroxylation is 1. The normalized spacial score (nSPS) is 12.3. The molecule has 150 valence electrons. The van der Waals surface area contributed by atoms with Gasteiger partial charge in [-0.1, -0.05) is 25.5 Å². The van der Waals surface area contributed by atoms with Crippen LogP contribution in [0.5, 0.6) is 0 Å². The Morgan fingerprint density at radius 1 is 1.04 bits per heavy atom. The Kier molecular flexibility index (Phi) is 6.01. The number of nitrogens with zero attached hydrogens (tertiary/aromatic N) is 2. The SMILES string of the molecule is CCCc1ccc(S(=O)(=O)NCCS(=O)(=O)Nc2ccn3nccc3c2)cc1. The molecule has 3 rings (SSSR count). The molecule has 0 unspecified atom stereocenters. The van der Waals surface area contributed by atoms with Gasteiger partial charge in [-0.2, -0.15) is 5.10 Å². The first-order valence-corrected chi connectivity index (χ1v) is 12.0. The first-order valence-electron chi connectivity index (χ1n) is 8.81. The summed E-state index contributed by atoms with van der Waals surface area (Å²) in [5.41, 5.74) is 2.19. The van der Waals surface area contributed by atoms with Gasteiger partial charge >= 0.3 is 0 Å². The van der Waals surface area contributed by atoms with Crippen molar-refractivity contribution in [2.75, 3.05) is 17.0 Å². The molecular weight excluding hydrogens is 400 g/mol. The van der Waals surface area contributed by atoms with Crippen LogP contribution in [0.1, 0.15) is 18.9 Å². The second kappa shape index (κ2) is 8.29. The van der Waals surface area contributed by atoms with E-state index in [-0.39, 0.29) is 17.2 Å². The summed E-state index contributed by atoms with van der Waals surface area (Å²) in [6, 6.07) is 11.6. The van der Waals surface area contributed by atoms with Crippen molar-refractivity contribution in [3.63, 3.8) is 0 Å². The number of sulfonamides is 2. The summed E-state index contributed by atoms with van der Waals surface area (Å²) >= 11 is 0. The van der Waals surface area contributed by atoms with E-state index in [2.05, 4.69) is 14.5 Å². The highest BCUT2D eigenvalue weighted by atomic mass is 32.2. The number of rotatable bonds is 9. The molecule has 0 amide bonds. The third-order valence-corrected chi connectivity index (χ3v) is 6.87. The highest BCUT2D eigenvalue weighted by molar-refractivity contribution is 7.92. The van der Waals surface area contributed by atoms with Crippen LogP contribution in [0.2, 0.25) is 0 Å². The van der Waals surface area contributed by atoms with Crippen molar-refractivity contribution in [2.45, 2.75) is 24.7 Å². The van der Waals surface area contributed by atoms with Crippen molar-refractivity contribution in [1.82, 2.24) is 14.3 Å². The summed E-state index contributed by atoms with van der Waals surface area (Å²) in [4.78, 5) is 0.115. The Balaban J connectivity index is 1.59. The maximum atomic E-state index is 12.3. The molecule has 10 heteroatoms. The van der Waals surface area contributed by atoms with E-state index >= 15 is 0 Å². The molecule has 0 saturated carbocycles. The summed E-state index contributed by atoms with van der Waals surface area (Å²) in [5, 5.41) is 4.04. The zero-order valence-corrected chi connectivity index (χ0v) is 17.0. The number of pyridine rings is 1. The lowest BCUT2D eigenvalue weighted by Crippen LogP contribution is -2.31. The molecule has 0 aliphatic heterocycles. The van der Waals surface area contributed by atoms with E-state index in [1.165, 1.54) is 12.1 Å². The molecule has 0 atom stereocenters. The zero-order valence-electron chi connectivity index (χ0n) is 15.4. The van der Waals surface area contributed by atoms with Gasteiger partial charge in [0.2, 0.25) is 20.0 Å². The number of benzene rings is 1. The molecule has 0 saturated heterocycles. The monoisotopic (exact) mass is 422 g/mol. The van der Waals surface area contributed by atoms with E-state index in [1.54, 1.807) is 47.2 Å². The standard InChI is InChI=1S/C18H22N4O4S2/c1-2-3-15-4-6-18(7-5-15)28(25,26)20-11-13-27(23,24)21-16-9-12-22-17(14-16)8-10-19-22/h4-10,12,14,20-21H,2-3,11,13H2,1H3. The fourth-order valence-corrected chi connectivity index (χ4v) is 4.85. The third kappa shape index (κ3) is 5.09. The van der Waals surface area contributed by atoms with Gasteiger partial charge in [-0.05, 0) is 42.3 Å². The van der Waals surface area contributed by atoms with Gasteiger partial charge in [0, 0.05) is 18.9 Å². The fourth-order valence-electron chi connectivity index (χ4n) is 2.73. The molecule has 0 radical (unpaired) electrons. The Morgan fingerprint density at radius 3 is 2.50 bits per heavy atom. The summed E-state index contributed by atoms with van der Waals surface area (Å²) < 4.78 is 55.5. The average Bonchev–Trinajstić information content (AvgIpc) is 3.09. The minimum absolute atomic E-state index is 0.115. The van der Waals surface area contributed by atoms with Crippen molar-refractivity contribution < 1.29 is 16.8 Å². The van der Waals surface area contributed by atoms with Gasteiger partial charge in [-0.25, -0.2) is 26.1 Å². The van der Waals surface area contributed by atoms with Crippen molar-refractivity contribution >= 4 is 31.3 Å². The molecule has 3 aromatic rings. The van der Waals surface area contributed by atoms with Crippen molar-refractivity contribution in [1.29, 1.82) is 0 Å². The maximum absolute atomic E-state index is 12.3. The molecule has 0 spiro atoms. The molecule has 0 fully saturated rings. The quantitative estimate of drug-likeness (QED) is 0.548. The number of anilines is 1. The van der Waals surface area contributed by atoms with Crippen LogP contribution in [0, 0.1) is 0 Å². The second-order valence-electron chi connectivity index (χ2n) is 6.33. The predicted octanol–water partition coefficient (Wildman–Crippen LogP) is 2.01. The smallest absolute Gasteiger partial charge is 0.240 e. The van der Waals surface area contributed by atoms with Crippen LogP contribution in [-0.4, -0.2) is 38.7 Å². The fraction of sp³-hybridized carbons (Fsp3) is 0.278. The number of nitrogens with one attached hydrogen (secondary N) is 2. The zero-order chi connectivity index (χ0) is 20.2. The van der Waals surface area contributed by atoms with Gasteiger partial charge in [0.25, 0.3) is 0 Å². The highest BCUT2D eigenvalue weighted by Gasteiger charge is 2.16. The second-order valence-corrected chi connectivity index (χ2v) is 9.94. The van der Waals surface area contributed by atoms with Crippen LogP contribution in [0.25, 0.3) is 5.52 Å². The molecule has 28 heavy (non-hydrogen) atoms. The number of aromatic nitrogens is 2. The van der Waals surface area contributed by atoms with Gasteiger partial charge in [0.1, 0.15) is 0 Å². The molecule has 0 aliphatic carbocycles. The van der Waals surface area contributed by atoms with Crippen LogP contribution < -0.4 is 9.44 Å². The molecular formula is C18H22N4O4S2. The minimum atomic E-state index is -3.76. The molecule has 2 aromatic heterocycles. The summed E-state index contributed by atoms with van der Waals surface area (Å²) in [6.07, 6.45) is 5.10. The van der Waals surface area contributed by atoms with E-state index in [1.807, 2.05) is 6.92 Å². The molecule has 0 aliphatic rings. The van der Waals surface area contributed by atoms with Crippen LogP contribution in [0.4, 0.5) is 5.69 Å². The largest absolute Gasteiger partial charge is 0.283 e. The first-order chi connectivity index (χ1) is 13.3. The van der Waals surface area contributed by atoms with Crippen molar-refractivity contribution in [3.05, 3.63) is 60.4 Å². The van der Waals surface area contributed by atoms with Gasteiger partial charge in [0.15, 0.2) is 0 Å². The van der Waals surface area contributed by atoms with Crippen LogP contribution in [-0.2, 0) is 26.5 Å². The first kappa shape index (κ1) is 20.3. The lowest BCUT2D eigenvalue weighted by atomic mass is 10.1. The summed E-state index contributed by atoms with van der Waals surface area (Å²) in [7, 11) is -7.47.